The molecule has 0 atom stereocenters. The number of carbonyl (C=O) groups excluding carboxylic acids is 4. The highest BCUT2D eigenvalue weighted by Crippen LogP contribution is 2.19. The average Bonchev–Trinajstić information content (AvgIpc) is 2.81. The van der Waals surface area contributed by atoms with Crippen molar-refractivity contribution < 1.29 is 39.6 Å². The summed E-state index contributed by atoms with van der Waals surface area (Å²) in [6.07, 6.45) is 2.40. The van der Waals surface area contributed by atoms with E-state index in [4.69, 9.17) is 39.6 Å². The quantitative estimate of drug-likeness (QED) is 0.350. The Morgan fingerprint density at radius 3 is 1.69 bits per heavy atom. The number of hydrogen-bond acceptors (Lipinski definition) is 12. The number of benzene rings is 1. The molecule has 1 aromatic heterocycles. The zero-order valence-electron chi connectivity index (χ0n) is 19.8. The largest absolute Gasteiger partial charge is 0.543 e. The Hall–Kier alpha value is -4.06. The highest BCUT2D eigenvalue weighted by Gasteiger charge is 2.06. The lowest BCUT2D eigenvalue weighted by Gasteiger charge is -2.21. The van der Waals surface area contributed by atoms with Gasteiger partial charge in [0, 0.05) is 18.7 Å². The van der Waals surface area contributed by atoms with Gasteiger partial charge < -0.3 is 49.8 Å². The molecule has 12 nitrogen and oxygen atoms in total. The van der Waals surface area contributed by atoms with Crippen LogP contribution >= 0.6 is 0 Å². The highest BCUT2D eigenvalue weighted by molar-refractivity contribution is 6.25. The van der Waals surface area contributed by atoms with E-state index in [1.54, 1.807) is 0 Å². The van der Waals surface area contributed by atoms with E-state index in [0.29, 0.717) is 0 Å². The Labute approximate surface area is 203 Å². The predicted molar refractivity (Wildman–Crippen MR) is 118 cm³/mol. The van der Waals surface area contributed by atoms with Gasteiger partial charge in [-0.2, -0.15) is 0 Å². The Balaban J connectivity index is 0.000000797. The van der Waals surface area contributed by atoms with Gasteiger partial charge in [-0.05, 0) is 44.5 Å². The van der Waals surface area contributed by atoms with E-state index < -0.39 is 23.9 Å². The summed E-state index contributed by atoms with van der Waals surface area (Å²) in [5.74, 6) is -7.85. The van der Waals surface area contributed by atoms with E-state index in [1.165, 1.54) is 12.8 Å². The van der Waals surface area contributed by atoms with E-state index in [0.717, 1.165) is 48.8 Å². The van der Waals surface area contributed by atoms with Crippen molar-refractivity contribution in [1.29, 1.82) is 0 Å². The Kier molecular flexibility index (Phi) is 15.4. The third-order valence-electron chi connectivity index (χ3n) is 4.19. The number of aromatic nitrogens is 2. The third-order valence-corrected chi connectivity index (χ3v) is 4.19. The van der Waals surface area contributed by atoms with Gasteiger partial charge in [-0.1, -0.05) is 44.2 Å². The van der Waals surface area contributed by atoms with Crippen LogP contribution in [0.5, 0.6) is 0 Å². The predicted octanol–water partition coefficient (Wildman–Crippen LogP) is -3.04. The van der Waals surface area contributed by atoms with Crippen LogP contribution < -0.4 is 25.7 Å². The first-order valence-electron chi connectivity index (χ1n) is 10.7. The molecule has 0 aliphatic heterocycles. The van der Waals surface area contributed by atoms with Crippen LogP contribution in [0.1, 0.15) is 32.3 Å². The van der Waals surface area contributed by atoms with E-state index in [1.807, 2.05) is 18.2 Å². The summed E-state index contributed by atoms with van der Waals surface area (Å²) in [6.45, 7) is 10.8. The zero-order valence-corrected chi connectivity index (χ0v) is 19.8. The molecule has 0 amide bonds. The van der Waals surface area contributed by atoms with Crippen LogP contribution in [0.4, 0.5) is 5.82 Å². The molecule has 1 N–H and O–H groups in total. The second kappa shape index (κ2) is 17.4. The lowest BCUT2D eigenvalue weighted by atomic mass is 10.1. The number of hydrogen-bond donors (Lipinski definition) is 1. The van der Waals surface area contributed by atoms with E-state index >= 15 is 0 Å². The second-order valence-electron chi connectivity index (χ2n) is 7.05. The molecule has 192 valence electrons. The van der Waals surface area contributed by atoms with Crippen LogP contribution in [-0.4, -0.2) is 65.2 Å². The number of nitrogens with zero attached hydrogens (tertiary/aromatic N) is 3. The minimum absolute atomic E-state index is 0.887. The molecule has 12 heteroatoms. The topological polar surface area (TPSA) is 202 Å². The maximum absolute atomic E-state index is 8.93. The molecule has 2 rings (SSSR count). The molecule has 0 bridgehead atoms. The smallest absolute Gasteiger partial charge is 0.151 e. The van der Waals surface area contributed by atoms with Crippen molar-refractivity contribution in [3.8, 4) is 11.3 Å². The number of aliphatic carboxylic acids is 4. The molecule has 0 saturated carbocycles. The van der Waals surface area contributed by atoms with Crippen molar-refractivity contribution >= 4 is 29.7 Å². The van der Waals surface area contributed by atoms with Crippen molar-refractivity contribution in [3.63, 3.8) is 0 Å². The van der Waals surface area contributed by atoms with Crippen LogP contribution in [0.3, 0.4) is 0 Å². The first-order valence-corrected chi connectivity index (χ1v) is 10.7. The van der Waals surface area contributed by atoms with Crippen molar-refractivity contribution in [2.75, 3.05) is 31.5 Å². The van der Waals surface area contributed by atoms with E-state index in [9.17, 15) is 0 Å². The Morgan fingerprint density at radius 1 is 0.800 bits per heavy atom. The van der Waals surface area contributed by atoms with Crippen LogP contribution in [0.2, 0.25) is 0 Å². The Morgan fingerprint density at radius 2 is 1.29 bits per heavy atom. The van der Waals surface area contributed by atoms with Gasteiger partial charge >= 0.3 is 0 Å². The fourth-order valence-corrected chi connectivity index (χ4v) is 2.71. The summed E-state index contributed by atoms with van der Waals surface area (Å²) in [6, 6.07) is 12.3. The lowest BCUT2D eigenvalue weighted by molar-refractivity contribution is -0.345. The minimum atomic E-state index is -2.19. The maximum atomic E-state index is 8.93. The fourth-order valence-electron chi connectivity index (χ4n) is 2.71. The monoisotopic (exact) mass is 488 g/mol. The van der Waals surface area contributed by atoms with Crippen LogP contribution in [0.25, 0.3) is 11.3 Å². The molecule has 1 aromatic carbocycles. The minimum Gasteiger partial charge on any atom is -0.543 e. The van der Waals surface area contributed by atoms with Gasteiger partial charge in [0.2, 0.25) is 0 Å². The SMILES string of the molecule is CCCN(CCC)CCNc1nnc(-c2ccccc2)cc1C.O=C([O-])C(=O)[O-].O=C([O-])C(=O)[O-]. The normalized spacial score (nSPS) is 9.71. The van der Waals surface area contributed by atoms with Crippen LogP contribution in [0, 0.1) is 6.92 Å². The van der Waals surface area contributed by atoms with E-state index in [-0.39, 0.29) is 0 Å². The van der Waals surface area contributed by atoms with Crippen LogP contribution in [0.15, 0.2) is 36.4 Å². The van der Waals surface area contributed by atoms with Crippen molar-refractivity contribution in [2.24, 2.45) is 0 Å². The standard InChI is InChI=1S/C19H28N4.2C2H2O4/c1-4-12-23(13-5-2)14-11-20-19-16(3)15-18(21-22-19)17-9-7-6-8-10-17;2*3-1(4)2(5)6/h6-10,15H,4-5,11-14H2,1-3H3,(H,20,22);2*(H,3,4)(H,5,6)/p-4. The van der Waals surface area contributed by atoms with Crippen LogP contribution in [-0.2, 0) is 19.2 Å². The molecule has 0 aliphatic carbocycles. The van der Waals surface area contributed by atoms with Gasteiger partial charge in [-0.25, -0.2) is 0 Å². The third kappa shape index (κ3) is 13.9. The average molecular weight is 488 g/mol. The first-order chi connectivity index (χ1) is 16.5. The molecule has 0 fully saturated rings. The summed E-state index contributed by atoms with van der Waals surface area (Å²) >= 11 is 0. The highest BCUT2D eigenvalue weighted by atomic mass is 16.4. The van der Waals surface area contributed by atoms with Gasteiger partial charge in [-0.3, -0.25) is 0 Å². The maximum Gasteiger partial charge on any atom is 0.151 e. The van der Waals surface area contributed by atoms with Gasteiger partial charge in [-0.15, -0.1) is 10.2 Å². The summed E-state index contributed by atoms with van der Waals surface area (Å²) in [5, 5.41) is 47.8. The molecule has 0 aliphatic rings. The summed E-state index contributed by atoms with van der Waals surface area (Å²) in [7, 11) is 0. The van der Waals surface area contributed by atoms with Gasteiger partial charge in [0.15, 0.2) is 5.82 Å². The molecule has 0 saturated heterocycles. The van der Waals surface area contributed by atoms with Gasteiger partial charge in [0.1, 0.15) is 0 Å². The summed E-state index contributed by atoms with van der Waals surface area (Å²) < 4.78 is 0. The molecule has 0 radical (unpaired) electrons. The Bertz CT molecular complexity index is 900. The molecule has 0 unspecified atom stereocenters. The van der Waals surface area contributed by atoms with Gasteiger partial charge in [0.25, 0.3) is 0 Å². The first kappa shape index (κ1) is 30.9. The van der Waals surface area contributed by atoms with E-state index in [2.05, 4.69) is 59.4 Å². The molecule has 0 spiro atoms. The molecule has 35 heavy (non-hydrogen) atoms. The number of aryl methyl sites for hydroxylation is 1. The number of carbonyl (C=O) groups is 4. The van der Waals surface area contributed by atoms with Crippen molar-refractivity contribution in [3.05, 3.63) is 42.0 Å². The number of carboxylic acids is 4. The molecular weight excluding hydrogens is 460 g/mol. The number of carboxylic acid groups (broad SMARTS) is 4. The molecule has 1 heterocycles. The zero-order chi connectivity index (χ0) is 26.8. The van der Waals surface area contributed by atoms with Crippen molar-refractivity contribution in [1.82, 2.24) is 15.1 Å². The number of nitrogens with one attached hydrogen (secondary N) is 1. The molecular formula is C23H28N4O8-4. The number of anilines is 1. The van der Waals surface area contributed by atoms with Gasteiger partial charge in [0.05, 0.1) is 29.6 Å². The lowest BCUT2D eigenvalue weighted by Crippen LogP contribution is -2.42. The van der Waals surface area contributed by atoms with Crippen molar-refractivity contribution in [2.45, 2.75) is 33.6 Å². The summed E-state index contributed by atoms with van der Waals surface area (Å²) in [4.78, 5) is 38.2. The summed E-state index contributed by atoms with van der Waals surface area (Å²) in [5.41, 5.74) is 3.16. The fraction of sp³-hybridized carbons (Fsp3) is 0.391. The molecule has 2 aromatic rings. The number of rotatable bonds is 9. The second-order valence-corrected chi connectivity index (χ2v) is 7.05.